The molecule has 2 aliphatic heterocycles. The molecular formula is C93H70Ir3N8O2S2-2. The monoisotopic (exact) mass is 1980 g/mol. The minimum absolute atomic E-state index is 0. The number of hydrogen-bond donors (Lipinski definition) is 1. The molecule has 535 valence electrons. The number of thiophene rings is 2. The number of aliphatic hydroxyl groups excluding tert-OH is 1. The second-order valence-electron chi connectivity index (χ2n) is 24.1. The van der Waals surface area contributed by atoms with Gasteiger partial charge in [-0.2, -0.15) is 15.9 Å². The fourth-order valence-corrected chi connectivity index (χ4v) is 14.8. The van der Waals surface area contributed by atoms with Crippen LogP contribution in [0.15, 0.2) is 346 Å². The summed E-state index contributed by atoms with van der Waals surface area (Å²) in [6.07, 6.45) is 10.1. The molecule has 0 saturated carbocycles. The van der Waals surface area contributed by atoms with Gasteiger partial charge in [0.15, 0.2) is 24.2 Å². The third-order valence-electron chi connectivity index (χ3n) is 16.9. The van der Waals surface area contributed by atoms with Crippen LogP contribution in [0, 0.1) is 31.2 Å². The van der Waals surface area contributed by atoms with Crippen molar-refractivity contribution in [3.8, 4) is 73.5 Å². The van der Waals surface area contributed by atoms with Crippen LogP contribution < -0.4 is 9.13 Å². The number of para-hydroxylation sites is 3. The Labute approximate surface area is 687 Å². The van der Waals surface area contributed by atoms with E-state index in [4.69, 9.17) is 19.7 Å². The molecule has 0 atom stereocenters. The van der Waals surface area contributed by atoms with Gasteiger partial charge in [-0.05, 0) is 115 Å². The van der Waals surface area contributed by atoms with Crippen molar-refractivity contribution in [2.45, 2.75) is 33.9 Å². The van der Waals surface area contributed by atoms with Crippen LogP contribution >= 0.6 is 22.7 Å². The number of aryl methyl sites for hydroxylation is 1. The van der Waals surface area contributed by atoms with Crippen molar-refractivity contribution in [3.05, 3.63) is 387 Å². The van der Waals surface area contributed by atoms with Gasteiger partial charge in [0, 0.05) is 155 Å². The Balaban J connectivity index is 0.000000134. The summed E-state index contributed by atoms with van der Waals surface area (Å²) in [6.45, 7) is 6.83. The van der Waals surface area contributed by atoms with Gasteiger partial charge in [-0.1, -0.05) is 139 Å². The predicted molar refractivity (Wildman–Crippen MR) is 429 cm³/mol. The molecule has 2 aliphatic rings. The number of hydrogen-bond acceptors (Lipinski definition) is 9. The number of aromatic nitrogens is 8. The minimum atomic E-state index is -0.443. The number of carbonyl (C=O) groups is 1. The molecule has 10 heterocycles. The van der Waals surface area contributed by atoms with Crippen LogP contribution in [0.1, 0.15) is 40.3 Å². The molecule has 1 N–H and O–H groups in total. The van der Waals surface area contributed by atoms with Gasteiger partial charge >= 0.3 is 5.82 Å². The number of aliphatic hydroxyl groups is 1. The summed E-state index contributed by atoms with van der Waals surface area (Å²) in [5.74, 6) is 1.95. The van der Waals surface area contributed by atoms with Crippen LogP contribution in [0.2, 0.25) is 0 Å². The summed E-state index contributed by atoms with van der Waals surface area (Å²) in [5.41, 5.74) is 16.1. The van der Waals surface area contributed by atoms with Gasteiger partial charge in [0.2, 0.25) is 5.69 Å². The molecule has 18 aromatic rings. The summed E-state index contributed by atoms with van der Waals surface area (Å²) in [4.78, 5) is 31.8. The summed E-state index contributed by atoms with van der Waals surface area (Å²) >= 11 is 3.73. The molecule has 10 aromatic carbocycles. The normalized spacial score (nSPS) is 11.8. The van der Waals surface area contributed by atoms with Gasteiger partial charge in [-0.3, -0.25) is 9.78 Å². The van der Waals surface area contributed by atoms with E-state index >= 15 is 0 Å². The van der Waals surface area contributed by atoms with Gasteiger partial charge in [0.05, 0.1) is 44.1 Å². The van der Waals surface area contributed by atoms with Crippen molar-refractivity contribution in [2.75, 3.05) is 0 Å². The Bertz CT molecular complexity index is 6430. The van der Waals surface area contributed by atoms with Gasteiger partial charge in [0.25, 0.3) is 0 Å². The minimum Gasteiger partial charge on any atom is -0.512 e. The Hall–Kier alpha value is -11.1. The fourth-order valence-electron chi connectivity index (χ4n) is 12.3. The fraction of sp³-hybridized carbons (Fsp3) is 0.0538. The van der Waals surface area contributed by atoms with Crippen LogP contribution in [0.5, 0.6) is 0 Å². The largest absolute Gasteiger partial charge is 0.512 e. The van der Waals surface area contributed by atoms with E-state index in [2.05, 4.69) is 204 Å². The second-order valence-corrected chi connectivity index (χ2v) is 26.2. The standard InChI is InChI=1S/C19H13N2.C18H12NS.C17H10NS.C12H11N2.2C11H8N.C5H8O2.3Ir/c1-3-9-15(10-4-1)19-20-17-13-7-8-14-18(17)21(19)16-11-5-2-6-12-16;1-2-7-16-13(5-1)14-9-8-12-11-19-10-4-3-6-15(19)17(12)18(14)20-16;1-2-10-16-12(6-1)13-7-5-8-14(17(13)19-16)15-9-3-4-11-18-15;1-9-6-7-14-8-10-4-2-3-5-11(10)12(14)13-9;2*1-2-6-10(7-3-1)11-8-4-5-9-12-11;1-4(6)3-5(2)7;;;/h1-9,11-14H;1-10H,11H2;1-7,9-11H;2-7H,8H2,1H3;2*1-6,8-9H;3,6H,1-2H3;;;/q-1;+1;-1;+1;2*-1;;;;/i;;;;1D,2D,3D,4D,5D,6D,8D;;;;;. The summed E-state index contributed by atoms with van der Waals surface area (Å²) in [6, 6.07) is 98.7. The number of allylic oxidation sites excluding steroid dienone is 2. The van der Waals surface area contributed by atoms with E-state index in [1.807, 2.05) is 163 Å². The van der Waals surface area contributed by atoms with Crippen molar-refractivity contribution >= 4 is 79.8 Å². The molecule has 0 fully saturated rings. The zero-order valence-corrected chi connectivity index (χ0v) is 67.3. The average molecular weight is 1980 g/mol. The number of carbonyl (C=O) groups excluding carboxylic acids is 1. The smallest absolute Gasteiger partial charge is 0.331 e. The van der Waals surface area contributed by atoms with Crippen LogP contribution in [0.25, 0.3) is 125 Å². The van der Waals surface area contributed by atoms with E-state index < -0.39 is 12.1 Å². The molecule has 0 aliphatic carbocycles. The van der Waals surface area contributed by atoms with E-state index in [9.17, 15) is 4.79 Å². The molecular weight excluding hydrogens is 1900 g/mol. The maximum Gasteiger partial charge on any atom is 0.331 e. The van der Waals surface area contributed by atoms with Crippen molar-refractivity contribution in [2.24, 2.45) is 0 Å². The van der Waals surface area contributed by atoms with Crippen molar-refractivity contribution in [3.63, 3.8) is 0 Å². The first-order valence-corrected chi connectivity index (χ1v) is 35.5. The van der Waals surface area contributed by atoms with Crippen LogP contribution in [-0.4, -0.2) is 40.4 Å². The number of rotatable bonds is 6. The molecule has 10 nitrogen and oxygen atoms in total. The van der Waals surface area contributed by atoms with Crippen molar-refractivity contribution in [1.82, 2.24) is 29.5 Å². The Morgan fingerprint density at radius 2 is 1.13 bits per heavy atom. The van der Waals surface area contributed by atoms with Crippen LogP contribution in [-0.2, 0) is 78.2 Å². The first-order valence-electron chi connectivity index (χ1n) is 37.4. The molecule has 8 aromatic heterocycles. The molecule has 0 bridgehead atoms. The second kappa shape index (κ2) is 38.0. The number of imidazole rings is 1. The third-order valence-corrected chi connectivity index (χ3v) is 19.3. The molecule has 108 heavy (non-hydrogen) atoms. The van der Waals surface area contributed by atoms with E-state index in [1.165, 1.54) is 88.2 Å². The number of ketones is 1. The SMILES string of the molecule is CC(=O)C=C(C)O.Cc1cc[n+]2c(n1)-c1ccccc1C2.[2H]c1[c-]c(-c2ncc([2H])c([2H])c2[2H])c([2H])c([2H])c1[2H].[Ir].[Ir].[Ir].[c-]1ccc2c(sc3ccccc32)c1-c1ccccn1.[c-]1ccccc1-c1ccccn1.[c-]1ccccc1-c1nc2ccccc2n1-c1ccccc1.c1cc[n+]2c(c1)-c1c(ccc3c1sc1ccccc13)C2. The maximum atomic E-state index is 10.0. The Morgan fingerprint density at radius 1 is 0.500 bits per heavy atom. The number of pyridine rings is 4. The van der Waals surface area contributed by atoms with Gasteiger partial charge in [-0.15, -0.1) is 143 Å². The molecule has 3 radical (unpaired) electrons. The first-order chi connectivity index (χ1) is 54.6. The number of nitrogens with zero attached hydrogens (tertiary/aromatic N) is 8. The Morgan fingerprint density at radius 3 is 1.84 bits per heavy atom. The Kier molecular flexibility index (Phi) is 24.2. The summed E-state index contributed by atoms with van der Waals surface area (Å²) in [7, 11) is 0. The zero-order valence-electron chi connectivity index (χ0n) is 65.5. The van der Waals surface area contributed by atoms with Crippen LogP contribution in [0.3, 0.4) is 0 Å². The molecule has 0 amide bonds. The first kappa shape index (κ1) is 68.7. The predicted octanol–water partition coefficient (Wildman–Crippen LogP) is 21.6. The maximum absolute atomic E-state index is 10.0. The molecule has 0 saturated heterocycles. The molecule has 0 unspecified atom stereocenters. The van der Waals surface area contributed by atoms with Gasteiger partial charge < -0.3 is 24.6 Å². The van der Waals surface area contributed by atoms with Gasteiger partial charge in [0.1, 0.15) is 6.54 Å². The molecule has 15 heteroatoms. The molecule has 20 rings (SSSR count). The molecule has 0 spiro atoms. The number of fused-ring (bicyclic) bond motifs is 14. The topological polar surface area (TPSA) is 114 Å². The quantitative estimate of drug-likeness (QED) is 0.0763. The van der Waals surface area contributed by atoms with E-state index in [0.717, 1.165) is 81.4 Å². The average Bonchev–Trinajstić information content (AvgIpc) is 1.60. The number of benzene rings is 10. The van der Waals surface area contributed by atoms with Crippen molar-refractivity contribution in [1.29, 1.82) is 0 Å². The summed E-state index contributed by atoms with van der Waals surface area (Å²) < 4.78 is 64.9. The third kappa shape index (κ3) is 18.7. The van der Waals surface area contributed by atoms with E-state index in [0.29, 0.717) is 0 Å². The zero-order chi connectivity index (χ0) is 77.8. The van der Waals surface area contributed by atoms with E-state index in [-0.39, 0.29) is 113 Å². The van der Waals surface area contributed by atoms with Crippen molar-refractivity contribution < 1.29 is 88.9 Å². The van der Waals surface area contributed by atoms with E-state index in [1.54, 1.807) is 6.20 Å². The van der Waals surface area contributed by atoms with Crippen LogP contribution in [0.4, 0.5) is 0 Å². The van der Waals surface area contributed by atoms with Gasteiger partial charge in [-0.25, -0.2) is 4.57 Å². The summed E-state index contributed by atoms with van der Waals surface area (Å²) in [5, 5.41) is 13.7.